The van der Waals surface area contributed by atoms with Crippen molar-refractivity contribution in [1.29, 1.82) is 0 Å². The van der Waals surface area contributed by atoms with Gasteiger partial charge in [0.2, 0.25) is 5.88 Å². The smallest absolute Gasteiger partial charge is 0.238 e. The molecule has 0 aliphatic heterocycles. The van der Waals surface area contributed by atoms with Gasteiger partial charge in [0.25, 0.3) is 0 Å². The molecule has 0 unspecified atom stereocenters. The first-order valence-corrected chi connectivity index (χ1v) is 5.39. The second-order valence-electron chi connectivity index (χ2n) is 4.25. The van der Waals surface area contributed by atoms with E-state index in [1.54, 1.807) is 30.7 Å². The quantitative estimate of drug-likeness (QED) is 0.877. The Labute approximate surface area is 100 Å². The van der Waals surface area contributed by atoms with Crippen LogP contribution in [0, 0.1) is 0 Å². The van der Waals surface area contributed by atoms with Crippen molar-refractivity contribution in [3.8, 4) is 5.88 Å². The van der Waals surface area contributed by atoms with Crippen LogP contribution in [0.3, 0.4) is 0 Å². The highest BCUT2D eigenvalue weighted by atomic mass is 16.5. The van der Waals surface area contributed by atoms with Crippen LogP contribution >= 0.6 is 0 Å². The topological polar surface area (TPSA) is 61.0 Å². The number of nitrogens with zero attached hydrogens (tertiary/aromatic N) is 2. The summed E-state index contributed by atoms with van der Waals surface area (Å²) in [5, 5.41) is 0. The number of ether oxygens (including phenoxy) is 1. The Morgan fingerprint density at radius 3 is 2.47 bits per heavy atom. The molecular weight excluding hydrogens is 214 g/mol. The molecule has 0 aliphatic carbocycles. The zero-order valence-corrected chi connectivity index (χ0v) is 9.92. The highest BCUT2D eigenvalue weighted by molar-refractivity contribution is 5.47. The fourth-order valence-corrected chi connectivity index (χ4v) is 1.54. The van der Waals surface area contributed by atoms with E-state index in [1.165, 1.54) is 0 Å². The lowest BCUT2D eigenvalue weighted by molar-refractivity contribution is 0.103. The van der Waals surface area contributed by atoms with Crippen molar-refractivity contribution in [2.45, 2.75) is 19.4 Å². The van der Waals surface area contributed by atoms with Crippen LogP contribution in [0.25, 0.3) is 0 Å². The minimum Gasteiger partial charge on any atom is -0.465 e. The molecule has 4 nitrogen and oxygen atoms in total. The Hall–Kier alpha value is -2.10. The van der Waals surface area contributed by atoms with Gasteiger partial charge in [0.15, 0.2) is 0 Å². The van der Waals surface area contributed by atoms with Gasteiger partial charge in [-0.15, -0.1) is 0 Å². The van der Waals surface area contributed by atoms with Crippen molar-refractivity contribution >= 4 is 5.69 Å². The molecule has 0 spiro atoms. The lowest BCUT2D eigenvalue weighted by atomic mass is 9.99. The minimum absolute atomic E-state index is 0.453. The molecule has 0 saturated heterocycles. The van der Waals surface area contributed by atoms with Gasteiger partial charge >= 0.3 is 0 Å². The van der Waals surface area contributed by atoms with Crippen LogP contribution in [-0.2, 0) is 5.60 Å². The van der Waals surface area contributed by atoms with Gasteiger partial charge in [0, 0.05) is 18.6 Å². The number of pyridine rings is 2. The number of anilines is 1. The van der Waals surface area contributed by atoms with Crippen molar-refractivity contribution < 1.29 is 4.74 Å². The van der Waals surface area contributed by atoms with Crippen LogP contribution in [0.1, 0.15) is 19.4 Å². The average molecular weight is 229 g/mol. The Morgan fingerprint density at radius 2 is 1.82 bits per heavy atom. The summed E-state index contributed by atoms with van der Waals surface area (Å²) in [5.74, 6) is 0.453. The third-order valence-electron chi connectivity index (χ3n) is 2.53. The molecule has 2 rings (SSSR count). The molecule has 4 heteroatoms. The summed E-state index contributed by atoms with van der Waals surface area (Å²) in [5.41, 5.74) is 6.87. The van der Waals surface area contributed by atoms with E-state index >= 15 is 0 Å². The van der Waals surface area contributed by atoms with Crippen LogP contribution < -0.4 is 10.5 Å². The number of aromatic nitrogens is 2. The molecule has 17 heavy (non-hydrogen) atoms. The first kappa shape index (κ1) is 11.4. The summed E-state index contributed by atoms with van der Waals surface area (Å²) in [6.45, 7) is 3.94. The second-order valence-corrected chi connectivity index (χ2v) is 4.25. The summed E-state index contributed by atoms with van der Waals surface area (Å²) in [6.07, 6.45) is 5.14. The van der Waals surface area contributed by atoms with E-state index in [0.717, 1.165) is 5.56 Å². The number of hydrogen-bond acceptors (Lipinski definition) is 4. The molecule has 2 aromatic heterocycles. The van der Waals surface area contributed by atoms with Crippen LogP contribution in [0.2, 0.25) is 0 Å². The Balaban J connectivity index is 2.27. The molecular formula is C13H15N3O. The molecule has 0 amide bonds. The summed E-state index contributed by atoms with van der Waals surface area (Å²) >= 11 is 0. The predicted octanol–water partition coefficient (Wildman–Crippen LogP) is 2.37. The fraction of sp³-hybridized carbons (Fsp3) is 0.231. The second kappa shape index (κ2) is 4.41. The molecule has 0 atom stereocenters. The van der Waals surface area contributed by atoms with E-state index in [2.05, 4.69) is 9.97 Å². The van der Waals surface area contributed by atoms with Crippen molar-refractivity contribution in [2.24, 2.45) is 0 Å². The van der Waals surface area contributed by atoms with E-state index < -0.39 is 5.60 Å². The lowest BCUT2D eigenvalue weighted by Gasteiger charge is -2.26. The molecule has 0 radical (unpaired) electrons. The van der Waals surface area contributed by atoms with Crippen LogP contribution in [-0.4, -0.2) is 9.97 Å². The van der Waals surface area contributed by atoms with E-state index in [4.69, 9.17) is 10.5 Å². The summed E-state index contributed by atoms with van der Waals surface area (Å²) in [6, 6.07) is 7.38. The molecule has 0 aliphatic rings. The van der Waals surface area contributed by atoms with Gasteiger partial charge in [0.1, 0.15) is 5.60 Å². The fourth-order valence-electron chi connectivity index (χ4n) is 1.54. The van der Waals surface area contributed by atoms with Crippen molar-refractivity contribution in [2.75, 3.05) is 5.73 Å². The van der Waals surface area contributed by atoms with Gasteiger partial charge in [-0.2, -0.15) is 0 Å². The average Bonchev–Trinajstić information content (AvgIpc) is 2.33. The van der Waals surface area contributed by atoms with Crippen LogP contribution in [0.15, 0.2) is 42.9 Å². The molecule has 0 aromatic carbocycles. The van der Waals surface area contributed by atoms with Crippen molar-refractivity contribution in [3.63, 3.8) is 0 Å². The third-order valence-corrected chi connectivity index (χ3v) is 2.53. The Morgan fingerprint density at radius 1 is 1.12 bits per heavy atom. The van der Waals surface area contributed by atoms with E-state index in [0.29, 0.717) is 11.6 Å². The zero-order chi connectivity index (χ0) is 12.3. The van der Waals surface area contributed by atoms with Crippen LogP contribution in [0.5, 0.6) is 5.88 Å². The maximum Gasteiger partial charge on any atom is 0.238 e. The SMILES string of the molecule is CC(C)(Oc1ncccc1N)c1ccncc1. The highest BCUT2D eigenvalue weighted by Gasteiger charge is 2.23. The highest BCUT2D eigenvalue weighted by Crippen LogP contribution is 2.28. The molecule has 0 bridgehead atoms. The first-order chi connectivity index (χ1) is 8.09. The molecule has 0 fully saturated rings. The maximum absolute atomic E-state index is 5.85. The van der Waals surface area contributed by atoms with Gasteiger partial charge in [0.05, 0.1) is 5.69 Å². The molecule has 0 saturated carbocycles. The zero-order valence-electron chi connectivity index (χ0n) is 9.92. The number of nitrogen functional groups attached to an aromatic ring is 1. The lowest BCUT2D eigenvalue weighted by Crippen LogP contribution is -2.26. The van der Waals surface area contributed by atoms with E-state index in [1.807, 2.05) is 26.0 Å². The normalized spacial score (nSPS) is 11.2. The molecule has 88 valence electrons. The largest absolute Gasteiger partial charge is 0.465 e. The standard InChI is InChI=1S/C13H15N3O/c1-13(2,10-5-8-15-9-6-10)17-12-11(14)4-3-7-16-12/h3-9H,14H2,1-2H3. The van der Waals surface area contributed by atoms with Gasteiger partial charge in [-0.1, -0.05) is 0 Å². The summed E-state index contributed by atoms with van der Waals surface area (Å²) in [7, 11) is 0. The number of nitrogens with two attached hydrogens (primary N) is 1. The van der Waals surface area contributed by atoms with E-state index in [-0.39, 0.29) is 0 Å². The molecule has 2 aromatic rings. The maximum atomic E-state index is 5.85. The molecule has 2 N–H and O–H groups in total. The predicted molar refractivity (Wildman–Crippen MR) is 66.5 cm³/mol. The molecule has 2 heterocycles. The van der Waals surface area contributed by atoms with Gasteiger partial charge in [-0.25, -0.2) is 4.98 Å². The first-order valence-electron chi connectivity index (χ1n) is 5.39. The van der Waals surface area contributed by atoms with Gasteiger partial charge in [-0.3, -0.25) is 4.98 Å². The van der Waals surface area contributed by atoms with Crippen molar-refractivity contribution in [1.82, 2.24) is 9.97 Å². The number of hydrogen-bond donors (Lipinski definition) is 1. The third kappa shape index (κ3) is 2.53. The Kier molecular flexibility index (Phi) is 2.95. The number of rotatable bonds is 3. The monoisotopic (exact) mass is 229 g/mol. The van der Waals surface area contributed by atoms with Gasteiger partial charge < -0.3 is 10.5 Å². The van der Waals surface area contributed by atoms with Crippen molar-refractivity contribution in [3.05, 3.63) is 48.4 Å². The Bertz CT molecular complexity index is 497. The van der Waals surface area contributed by atoms with Gasteiger partial charge in [-0.05, 0) is 43.7 Å². The van der Waals surface area contributed by atoms with Crippen LogP contribution in [0.4, 0.5) is 5.69 Å². The summed E-state index contributed by atoms with van der Waals surface area (Å²) < 4.78 is 5.85. The minimum atomic E-state index is -0.495. The summed E-state index contributed by atoms with van der Waals surface area (Å²) in [4.78, 5) is 8.11. The van der Waals surface area contributed by atoms with E-state index in [9.17, 15) is 0 Å².